The molecule has 0 aliphatic heterocycles. The number of amides is 1. The molecule has 0 saturated heterocycles. The lowest BCUT2D eigenvalue weighted by atomic mass is 10.1. The summed E-state index contributed by atoms with van der Waals surface area (Å²) in [6.45, 7) is 2.90. The molecule has 1 atom stereocenters. The van der Waals surface area contributed by atoms with Crippen LogP contribution in [0.2, 0.25) is 0 Å². The molecule has 26 heavy (non-hydrogen) atoms. The van der Waals surface area contributed by atoms with Crippen molar-refractivity contribution in [2.24, 2.45) is 0 Å². The van der Waals surface area contributed by atoms with Crippen molar-refractivity contribution in [1.82, 2.24) is 0 Å². The molecular formula is C18H15N3O5. The standard InChI is InChI=1S/C18H15N3O5/c1-11-5-3-8-15(21(24)25)16(11)18(23)26-12(2)17(22)20-14-7-4-6-13(9-14)10-19/h3-9,12H,1-2H3,(H,20,22). The first-order valence-electron chi connectivity index (χ1n) is 7.59. The number of nitrogens with one attached hydrogen (secondary N) is 1. The van der Waals surface area contributed by atoms with Crippen molar-refractivity contribution >= 4 is 23.3 Å². The van der Waals surface area contributed by atoms with Gasteiger partial charge in [-0.25, -0.2) is 4.79 Å². The number of nitriles is 1. The Bertz CT molecular complexity index is 917. The van der Waals surface area contributed by atoms with Crippen molar-refractivity contribution in [1.29, 1.82) is 5.26 Å². The molecule has 0 aromatic heterocycles. The number of nitro groups is 1. The summed E-state index contributed by atoms with van der Waals surface area (Å²) in [6, 6.07) is 12.4. The van der Waals surface area contributed by atoms with Gasteiger partial charge in [0.2, 0.25) is 0 Å². The van der Waals surface area contributed by atoms with Gasteiger partial charge in [0.1, 0.15) is 5.56 Å². The number of carbonyl (C=O) groups excluding carboxylic acids is 2. The fourth-order valence-electron chi connectivity index (χ4n) is 2.25. The van der Waals surface area contributed by atoms with Crippen LogP contribution in [0, 0.1) is 28.4 Å². The number of hydrogen-bond donors (Lipinski definition) is 1. The van der Waals surface area contributed by atoms with Gasteiger partial charge in [-0.1, -0.05) is 18.2 Å². The minimum atomic E-state index is -1.19. The molecule has 0 aliphatic carbocycles. The quantitative estimate of drug-likeness (QED) is 0.501. The Labute approximate surface area is 149 Å². The first-order chi connectivity index (χ1) is 12.3. The number of nitrogens with zero attached hydrogens (tertiary/aromatic N) is 2. The molecule has 1 amide bonds. The number of anilines is 1. The SMILES string of the molecule is Cc1cccc([N+](=O)[O-])c1C(=O)OC(C)C(=O)Nc1cccc(C#N)c1. The fraction of sp³-hybridized carbons (Fsp3) is 0.167. The van der Waals surface area contributed by atoms with Gasteiger partial charge in [0.05, 0.1) is 16.6 Å². The van der Waals surface area contributed by atoms with Gasteiger partial charge in [-0.15, -0.1) is 0 Å². The highest BCUT2D eigenvalue weighted by Crippen LogP contribution is 2.23. The number of benzene rings is 2. The van der Waals surface area contributed by atoms with E-state index in [2.05, 4.69) is 5.32 Å². The van der Waals surface area contributed by atoms with Crippen LogP contribution in [0.15, 0.2) is 42.5 Å². The molecule has 0 aliphatic rings. The average Bonchev–Trinajstić information content (AvgIpc) is 2.61. The van der Waals surface area contributed by atoms with Crippen molar-refractivity contribution in [3.63, 3.8) is 0 Å². The largest absolute Gasteiger partial charge is 0.449 e. The Hall–Kier alpha value is -3.73. The maximum atomic E-state index is 12.3. The zero-order valence-corrected chi connectivity index (χ0v) is 14.1. The highest BCUT2D eigenvalue weighted by molar-refractivity contribution is 5.99. The molecule has 0 saturated carbocycles. The molecule has 2 rings (SSSR count). The normalized spacial score (nSPS) is 11.1. The van der Waals surface area contributed by atoms with Crippen LogP contribution in [-0.2, 0) is 9.53 Å². The van der Waals surface area contributed by atoms with Gasteiger partial charge < -0.3 is 10.1 Å². The highest BCUT2D eigenvalue weighted by atomic mass is 16.6. The van der Waals surface area contributed by atoms with Crippen LogP contribution in [0.1, 0.15) is 28.4 Å². The monoisotopic (exact) mass is 353 g/mol. The van der Waals surface area contributed by atoms with Crippen LogP contribution in [0.3, 0.4) is 0 Å². The van der Waals surface area contributed by atoms with Gasteiger partial charge in [-0.3, -0.25) is 14.9 Å². The Morgan fingerprint density at radius 2 is 1.96 bits per heavy atom. The van der Waals surface area contributed by atoms with Crippen LogP contribution in [0.25, 0.3) is 0 Å². The number of nitro benzene ring substituents is 1. The molecule has 8 heteroatoms. The summed E-state index contributed by atoms with van der Waals surface area (Å²) in [4.78, 5) is 34.9. The van der Waals surface area contributed by atoms with Crippen LogP contribution in [-0.4, -0.2) is 22.9 Å². The lowest BCUT2D eigenvalue weighted by molar-refractivity contribution is -0.385. The van der Waals surface area contributed by atoms with E-state index in [0.29, 0.717) is 16.8 Å². The zero-order chi connectivity index (χ0) is 19.3. The molecule has 132 valence electrons. The van der Waals surface area contributed by atoms with Gasteiger partial charge in [0.25, 0.3) is 11.6 Å². The molecule has 1 unspecified atom stereocenters. The van der Waals surface area contributed by atoms with Crippen LogP contribution in [0.4, 0.5) is 11.4 Å². The first kappa shape index (κ1) is 18.6. The van der Waals surface area contributed by atoms with E-state index in [1.54, 1.807) is 31.2 Å². The molecule has 1 N–H and O–H groups in total. The number of hydrogen-bond acceptors (Lipinski definition) is 6. The van der Waals surface area contributed by atoms with E-state index in [4.69, 9.17) is 10.00 Å². The van der Waals surface area contributed by atoms with E-state index in [1.165, 1.54) is 25.1 Å². The van der Waals surface area contributed by atoms with Crippen molar-refractivity contribution in [3.8, 4) is 6.07 Å². The summed E-state index contributed by atoms with van der Waals surface area (Å²) in [5.41, 5.74) is 0.535. The third-order valence-corrected chi connectivity index (χ3v) is 3.56. The average molecular weight is 353 g/mol. The van der Waals surface area contributed by atoms with E-state index >= 15 is 0 Å². The molecule has 8 nitrogen and oxygen atoms in total. The smallest absolute Gasteiger partial charge is 0.346 e. The minimum absolute atomic E-state index is 0.191. The Balaban J connectivity index is 2.13. The maximum absolute atomic E-state index is 12.3. The number of esters is 1. The molecule has 0 bridgehead atoms. The van der Waals surface area contributed by atoms with Crippen molar-refractivity contribution in [2.75, 3.05) is 5.32 Å². The van der Waals surface area contributed by atoms with Gasteiger partial charge in [-0.2, -0.15) is 5.26 Å². The summed E-state index contributed by atoms with van der Waals surface area (Å²) < 4.78 is 5.08. The zero-order valence-electron chi connectivity index (χ0n) is 14.1. The van der Waals surface area contributed by atoms with Gasteiger partial charge in [-0.05, 0) is 37.6 Å². The molecule has 0 radical (unpaired) electrons. The summed E-state index contributed by atoms with van der Waals surface area (Å²) in [6.07, 6.45) is -1.19. The third kappa shape index (κ3) is 4.21. The van der Waals surface area contributed by atoms with Crippen LogP contribution < -0.4 is 5.32 Å². The summed E-state index contributed by atoms with van der Waals surface area (Å²) in [7, 11) is 0. The Kier molecular flexibility index (Phi) is 5.65. The van der Waals surface area contributed by atoms with E-state index in [0.717, 1.165) is 0 Å². The Morgan fingerprint density at radius 3 is 2.62 bits per heavy atom. The second-order valence-electron chi connectivity index (χ2n) is 5.46. The molecule has 2 aromatic rings. The topological polar surface area (TPSA) is 122 Å². The molecular weight excluding hydrogens is 338 g/mol. The molecule has 0 fully saturated rings. The maximum Gasteiger partial charge on any atom is 0.346 e. The lowest BCUT2D eigenvalue weighted by Gasteiger charge is -2.14. The van der Waals surface area contributed by atoms with Crippen molar-refractivity contribution < 1.29 is 19.2 Å². The van der Waals surface area contributed by atoms with E-state index < -0.39 is 22.9 Å². The second-order valence-corrected chi connectivity index (χ2v) is 5.46. The van der Waals surface area contributed by atoms with Gasteiger partial charge >= 0.3 is 5.97 Å². The van der Waals surface area contributed by atoms with Crippen LogP contribution in [0.5, 0.6) is 0 Å². The van der Waals surface area contributed by atoms with Crippen LogP contribution >= 0.6 is 0 Å². The predicted molar refractivity (Wildman–Crippen MR) is 92.5 cm³/mol. The van der Waals surface area contributed by atoms with E-state index in [1.807, 2.05) is 6.07 Å². The van der Waals surface area contributed by atoms with E-state index in [9.17, 15) is 19.7 Å². The predicted octanol–water partition coefficient (Wildman–Crippen LogP) is 2.96. The number of rotatable bonds is 5. The Morgan fingerprint density at radius 1 is 1.27 bits per heavy atom. The second kappa shape index (κ2) is 7.90. The molecule has 0 heterocycles. The fourth-order valence-corrected chi connectivity index (χ4v) is 2.25. The minimum Gasteiger partial charge on any atom is -0.449 e. The lowest BCUT2D eigenvalue weighted by Crippen LogP contribution is -2.30. The summed E-state index contributed by atoms with van der Waals surface area (Å²) in [5, 5.41) is 22.5. The van der Waals surface area contributed by atoms with Crippen molar-refractivity contribution in [2.45, 2.75) is 20.0 Å². The van der Waals surface area contributed by atoms with E-state index in [-0.39, 0.29) is 11.3 Å². The number of aryl methyl sites for hydroxylation is 1. The van der Waals surface area contributed by atoms with Crippen molar-refractivity contribution in [3.05, 3.63) is 69.3 Å². The number of carbonyl (C=O) groups is 2. The molecule has 0 spiro atoms. The van der Waals surface area contributed by atoms with Gasteiger partial charge in [0.15, 0.2) is 6.10 Å². The first-order valence-corrected chi connectivity index (χ1v) is 7.59. The third-order valence-electron chi connectivity index (χ3n) is 3.56. The molecule has 2 aromatic carbocycles. The highest BCUT2D eigenvalue weighted by Gasteiger charge is 2.27. The summed E-state index contributed by atoms with van der Waals surface area (Å²) >= 11 is 0. The van der Waals surface area contributed by atoms with Gasteiger partial charge in [0, 0.05) is 11.8 Å². The summed E-state index contributed by atoms with van der Waals surface area (Å²) in [5.74, 6) is -1.58. The number of ether oxygens (including phenoxy) is 1.